The van der Waals surface area contributed by atoms with E-state index in [9.17, 15) is 9.18 Å². The van der Waals surface area contributed by atoms with E-state index in [4.69, 9.17) is 16.9 Å². The third-order valence-electron chi connectivity index (χ3n) is 4.03. The van der Waals surface area contributed by atoms with Crippen molar-refractivity contribution in [1.29, 1.82) is 5.26 Å². The molecule has 2 N–H and O–H groups in total. The zero-order chi connectivity index (χ0) is 19.5. The SMILES string of the molecule is C/C(Cl)=C(/C(=O)Nc1ccc(F)c(C#N)c1)N1CCCC1NC(C)(C)C. The van der Waals surface area contributed by atoms with E-state index >= 15 is 0 Å². The number of carbonyl (C=O) groups excluding carboxylic acids is 1. The minimum absolute atomic E-state index is 0.00679. The molecule has 140 valence electrons. The quantitative estimate of drug-likeness (QED) is 0.779. The minimum Gasteiger partial charge on any atom is -0.351 e. The van der Waals surface area contributed by atoms with Gasteiger partial charge in [0.15, 0.2) is 0 Å². The van der Waals surface area contributed by atoms with Crippen molar-refractivity contribution in [2.75, 3.05) is 11.9 Å². The second-order valence-corrected chi connectivity index (χ2v) is 7.96. The molecule has 1 unspecified atom stereocenters. The van der Waals surface area contributed by atoms with Crippen LogP contribution in [0.25, 0.3) is 0 Å². The highest BCUT2D eigenvalue weighted by atomic mass is 35.5. The topological polar surface area (TPSA) is 68.2 Å². The van der Waals surface area contributed by atoms with Crippen molar-refractivity contribution in [2.45, 2.75) is 52.2 Å². The number of benzene rings is 1. The summed E-state index contributed by atoms with van der Waals surface area (Å²) in [6.07, 6.45) is 1.87. The molecule has 0 aliphatic carbocycles. The summed E-state index contributed by atoms with van der Waals surface area (Å²) in [5, 5.41) is 15.5. The van der Waals surface area contributed by atoms with Crippen LogP contribution in [0.3, 0.4) is 0 Å². The summed E-state index contributed by atoms with van der Waals surface area (Å²) >= 11 is 6.24. The van der Waals surface area contributed by atoms with E-state index in [1.54, 1.807) is 13.0 Å². The lowest BCUT2D eigenvalue weighted by atomic mass is 10.1. The van der Waals surface area contributed by atoms with E-state index < -0.39 is 5.82 Å². The molecule has 1 saturated heterocycles. The molecule has 1 fully saturated rings. The Hall–Kier alpha value is -2.10. The smallest absolute Gasteiger partial charge is 0.273 e. The third kappa shape index (κ3) is 4.96. The van der Waals surface area contributed by atoms with Crippen LogP contribution in [0.4, 0.5) is 10.1 Å². The molecule has 7 heteroatoms. The average molecular weight is 379 g/mol. The third-order valence-corrected chi connectivity index (χ3v) is 4.20. The molecule has 1 atom stereocenters. The van der Waals surface area contributed by atoms with Gasteiger partial charge in [-0.1, -0.05) is 11.6 Å². The zero-order valence-electron chi connectivity index (χ0n) is 15.5. The van der Waals surface area contributed by atoms with Crippen LogP contribution in [0.1, 0.15) is 46.1 Å². The van der Waals surface area contributed by atoms with Crippen molar-refractivity contribution in [3.05, 3.63) is 40.3 Å². The van der Waals surface area contributed by atoms with Gasteiger partial charge in [0.2, 0.25) is 0 Å². The minimum atomic E-state index is -0.622. The van der Waals surface area contributed by atoms with E-state index in [0.717, 1.165) is 18.9 Å². The first-order chi connectivity index (χ1) is 12.1. The molecule has 0 aromatic heterocycles. The Labute approximate surface area is 158 Å². The molecule has 1 aliphatic rings. The van der Waals surface area contributed by atoms with E-state index in [1.165, 1.54) is 12.1 Å². The number of halogens is 2. The molecule has 2 rings (SSSR count). The molecule has 1 aromatic rings. The molecule has 26 heavy (non-hydrogen) atoms. The summed E-state index contributed by atoms with van der Waals surface area (Å²) in [6.45, 7) is 8.61. The second-order valence-electron chi connectivity index (χ2n) is 7.39. The molecule has 1 aromatic carbocycles. The van der Waals surface area contributed by atoms with Crippen molar-refractivity contribution in [2.24, 2.45) is 0 Å². The summed E-state index contributed by atoms with van der Waals surface area (Å²) in [5.41, 5.74) is 0.509. The van der Waals surface area contributed by atoms with E-state index in [0.29, 0.717) is 23.0 Å². The van der Waals surface area contributed by atoms with Crippen LogP contribution in [0.2, 0.25) is 0 Å². The number of nitriles is 1. The number of nitrogens with one attached hydrogen (secondary N) is 2. The van der Waals surface area contributed by atoms with Gasteiger partial charge in [-0.2, -0.15) is 5.26 Å². The van der Waals surface area contributed by atoms with Gasteiger partial charge in [-0.3, -0.25) is 10.1 Å². The fourth-order valence-corrected chi connectivity index (χ4v) is 3.24. The lowest BCUT2D eigenvalue weighted by Crippen LogP contribution is -2.51. The average Bonchev–Trinajstić information content (AvgIpc) is 2.94. The van der Waals surface area contributed by atoms with Crippen LogP contribution in [-0.2, 0) is 4.79 Å². The molecule has 1 heterocycles. The fraction of sp³-hybridized carbons (Fsp3) is 0.474. The van der Waals surface area contributed by atoms with E-state index in [2.05, 4.69) is 31.4 Å². The van der Waals surface area contributed by atoms with E-state index in [1.807, 2.05) is 4.90 Å². The number of nitrogens with zero attached hydrogens (tertiary/aromatic N) is 2. The summed E-state index contributed by atoms with van der Waals surface area (Å²) in [4.78, 5) is 14.8. The highest BCUT2D eigenvalue weighted by Crippen LogP contribution is 2.27. The molecular weight excluding hydrogens is 355 g/mol. The van der Waals surface area contributed by atoms with Crippen molar-refractivity contribution in [3.8, 4) is 6.07 Å². The van der Waals surface area contributed by atoms with Gasteiger partial charge in [0.1, 0.15) is 17.6 Å². The van der Waals surface area contributed by atoms with E-state index in [-0.39, 0.29) is 23.2 Å². The maximum absolute atomic E-state index is 13.5. The number of rotatable bonds is 4. The number of anilines is 1. The molecule has 1 aliphatic heterocycles. The van der Waals surface area contributed by atoms with Crippen LogP contribution in [0.15, 0.2) is 28.9 Å². The fourth-order valence-electron chi connectivity index (χ4n) is 3.05. The Balaban J connectivity index is 2.23. The highest BCUT2D eigenvalue weighted by molar-refractivity contribution is 6.32. The molecule has 0 bridgehead atoms. The van der Waals surface area contributed by atoms with Gasteiger partial charge in [-0.15, -0.1) is 0 Å². The summed E-state index contributed by atoms with van der Waals surface area (Å²) in [7, 11) is 0. The normalized spacial score (nSPS) is 18.3. The maximum atomic E-state index is 13.5. The van der Waals surface area contributed by atoms with Crippen LogP contribution in [-0.4, -0.2) is 29.1 Å². The Kier molecular flexibility index (Phi) is 6.27. The van der Waals surface area contributed by atoms with Crippen molar-refractivity contribution in [1.82, 2.24) is 10.2 Å². The Morgan fingerprint density at radius 3 is 2.69 bits per heavy atom. The Morgan fingerprint density at radius 1 is 1.42 bits per heavy atom. The summed E-state index contributed by atoms with van der Waals surface area (Å²) in [6, 6.07) is 5.65. The van der Waals surface area contributed by atoms with Gasteiger partial charge in [-0.25, -0.2) is 4.39 Å². The van der Waals surface area contributed by atoms with Gasteiger partial charge in [0.05, 0.1) is 11.7 Å². The van der Waals surface area contributed by atoms with Crippen molar-refractivity contribution >= 4 is 23.2 Å². The molecule has 0 radical (unpaired) electrons. The number of hydrogen-bond donors (Lipinski definition) is 2. The number of likely N-dealkylation sites (tertiary alicyclic amines) is 1. The number of hydrogen-bond acceptors (Lipinski definition) is 4. The summed E-state index contributed by atoms with van der Waals surface area (Å²) < 4.78 is 13.5. The molecule has 5 nitrogen and oxygen atoms in total. The molecule has 0 spiro atoms. The van der Waals surface area contributed by atoms with Crippen LogP contribution in [0, 0.1) is 17.1 Å². The molecule has 0 saturated carbocycles. The Bertz CT molecular complexity index is 760. The van der Waals surface area contributed by atoms with Gasteiger partial charge < -0.3 is 10.2 Å². The largest absolute Gasteiger partial charge is 0.351 e. The van der Waals surface area contributed by atoms with Gasteiger partial charge in [0.25, 0.3) is 5.91 Å². The first-order valence-corrected chi connectivity index (χ1v) is 8.92. The molecule has 1 amide bonds. The second kappa shape index (κ2) is 8.07. The number of amides is 1. The first kappa shape index (κ1) is 20.2. The van der Waals surface area contributed by atoms with Crippen LogP contribution in [0.5, 0.6) is 0 Å². The number of carbonyl (C=O) groups is 1. The van der Waals surface area contributed by atoms with Gasteiger partial charge in [-0.05, 0) is 58.7 Å². The zero-order valence-corrected chi connectivity index (χ0v) is 16.2. The Morgan fingerprint density at radius 2 is 2.12 bits per heavy atom. The van der Waals surface area contributed by atoms with Crippen LogP contribution < -0.4 is 10.6 Å². The highest BCUT2D eigenvalue weighted by Gasteiger charge is 2.33. The predicted molar refractivity (Wildman–Crippen MR) is 101 cm³/mol. The monoisotopic (exact) mass is 378 g/mol. The lowest BCUT2D eigenvalue weighted by molar-refractivity contribution is -0.114. The molecular formula is C19H24ClFN4O. The first-order valence-electron chi connectivity index (χ1n) is 8.54. The van der Waals surface area contributed by atoms with Crippen LogP contribution >= 0.6 is 11.6 Å². The summed E-state index contributed by atoms with van der Waals surface area (Å²) in [5.74, 6) is -1.00. The number of allylic oxidation sites excluding steroid dienone is 1. The lowest BCUT2D eigenvalue weighted by Gasteiger charge is -2.34. The standard InChI is InChI=1S/C19H24ClFN4O/c1-12(20)17(25-9-5-6-16(25)24-19(2,3)4)18(26)23-14-7-8-15(21)13(10-14)11-22/h7-8,10,16,24H,5-6,9H2,1-4H3,(H,23,26)/b17-12+. The van der Waals surface area contributed by atoms with Gasteiger partial charge >= 0.3 is 0 Å². The van der Waals surface area contributed by atoms with Crippen molar-refractivity contribution < 1.29 is 9.18 Å². The maximum Gasteiger partial charge on any atom is 0.273 e. The van der Waals surface area contributed by atoms with Crippen molar-refractivity contribution in [3.63, 3.8) is 0 Å². The van der Waals surface area contributed by atoms with Gasteiger partial charge in [0, 0.05) is 22.8 Å². The predicted octanol–water partition coefficient (Wildman–Crippen LogP) is 3.92.